The fraction of sp³-hybridized carbons (Fsp3) is 0.0833. The molecule has 0 amide bonds. The van der Waals surface area contributed by atoms with Crippen molar-refractivity contribution in [3.8, 4) is 11.6 Å². The molecule has 2 aromatic rings. The summed E-state index contributed by atoms with van der Waals surface area (Å²) in [5.41, 5.74) is 6.11. The summed E-state index contributed by atoms with van der Waals surface area (Å²) < 4.78 is 31.5. The molecular formula is C12H10F2N2O. The first kappa shape index (κ1) is 11.5. The lowest BCUT2D eigenvalue weighted by Crippen LogP contribution is -2.01. The molecular weight excluding hydrogens is 226 g/mol. The molecule has 2 rings (SSSR count). The van der Waals surface area contributed by atoms with Crippen molar-refractivity contribution in [2.75, 3.05) is 0 Å². The predicted octanol–water partition coefficient (Wildman–Crippen LogP) is 2.61. The molecule has 5 heteroatoms. The predicted molar refractivity (Wildman–Crippen MR) is 58.6 cm³/mol. The minimum Gasteiger partial charge on any atom is -0.435 e. The van der Waals surface area contributed by atoms with E-state index in [9.17, 15) is 8.78 Å². The van der Waals surface area contributed by atoms with Crippen LogP contribution in [-0.2, 0) is 6.54 Å². The molecule has 3 nitrogen and oxygen atoms in total. The lowest BCUT2D eigenvalue weighted by Gasteiger charge is -2.09. The normalized spacial score (nSPS) is 10.3. The molecule has 1 heterocycles. The second-order valence-corrected chi connectivity index (χ2v) is 3.33. The number of nitrogens with zero attached hydrogens (tertiary/aromatic N) is 1. The van der Waals surface area contributed by atoms with E-state index >= 15 is 0 Å². The van der Waals surface area contributed by atoms with Crippen molar-refractivity contribution >= 4 is 0 Å². The molecule has 0 unspecified atom stereocenters. The Morgan fingerprint density at radius 1 is 1.18 bits per heavy atom. The summed E-state index contributed by atoms with van der Waals surface area (Å²) in [4.78, 5) is 3.92. The minimum absolute atomic E-state index is 0.180. The van der Waals surface area contributed by atoms with Crippen LogP contribution in [0.4, 0.5) is 8.78 Å². The van der Waals surface area contributed by atoms with Crippen LogP contribution >= 0.6 is 0 Å². The molecule has 0 saturated heterocycles. The van der Waals surface area contributed by atoms with Gasteiger partial charge in [0.1, 0.15) is 0 Å². The van der Waals surface area contributed by atoms with Crippen molar-refractivity contribution in [3.05, 3.63) is 53.7 Å². The number of ether oxygens (including phenoxy) is 1. The third-order valence-corrected chi connectivity index (χ3v) is 2.19. The second kappa shape index (κ2) is 4.88. The molecule has 0 atom stereocenters. The summed E-state index contributed by atoms with van der Waals surface area (Å²) in [6, 6.07) is 7.10. The van der Waals surface area contributed by atoms with E-state index in [0.29, 0.717) is 5.56 Å². The highest BCUT2D eigenvalue weighted by molar-refractivity contribution is 5.33. The van der Waals surface area contributed by atoms with Crippen LogP contribution in [0.15, 0.2) is 36.5 Å². The van der Waals surface area contributed by atoms with Crippen LogP contribution < -0.4 is 10.5 Å². The van der Waals surface area contributed by atoms with Gasteiger partial charge in [-0.3, -0.25) is 0 Å². The number of pyridine rings is 1. The largest absolute Gasteiger partial charge is 0.435 e. The van der Waals surface area contributed by atoms with Gasteiger partial charge in [-0.1, -0.05) is 12.1 Å². The van der Waals surface area contributed by atoms with E-state index < -0.39 is 11.6 Å². The van der Waals surface area contributed by atoms with Crippen LogP contribution in [0.25, 0.3) is 0 Å². The Morgan fingerprint density at radius 3 is 2.76 bits per heavy atom. The maximum atomic E-state index is 13.4. The van der Waals surface area contributed by atoms with Gasteiger partial charge in [-0.15, -0.1) is 0 Å². The van der Waals surface area contributed by atoms with Gasteiger partial charge in [-0.2, -0.15) is 4.39 Å². The average molecular weight is 236 g/mol. The third-order valence-electron chi connectivity index (χ3n) is 2.19. The van der Waals surface area contributed by atoms with Gasteiger partial charge in [0.2, 0.25) is 11.7 Å². The Labute approximate surface area is 96.9 Å². The summed E-state index contributed by atoms with van der Waals surface area (Å²) in [5, 5.41) is 0. The Balaban J connectivity index is 2.35. The van der Waals surface area contributed by atoms with Gasteiger partial charge in [-0.05, 0) is 18.2 Å². The van der Waals surface area contributed by atoms with Crippen molar-refractivity contribution in [2.45, 2.75) is 6.54 Å². The molecule has 0 aliphatic rings. The van der Waals surface area contributed by atoms with Crippen molar-refractivity contribution < 1.29 is 13.5 Å². The SMILES string of the molecule is NCc1cccnc1Oc1cccc(F)c1F. The average Bonchev–Trinajstić information content (AvgIpc) is 2.35. The zero-order chi connectivity index (χ0) is 12.3. The zero-order valence-corrected chi connectivity index (χ0v) is 8.86. The number of hydrogen-bond donors (Lipinski definition) is 1. The molecule has 0 saturated carbocycles. The van der Waals surface area contributed by atoms with E-state index in [0.717, 1.165) is 6.07 Å². The van der Waals surface area contributed by atoms with E-state index in [1.54, 1.807) is 12.1 Å². The molecule has 1 aromatic heterocycles. The number of aromatic nitrogens is 1. The molecule has 1 aromatic carbocycles. The lowest BCUT2D eigenvalue weighted by atomic mass is 10.2. The smallest absolute Gasteiger partial charge is 0.223 e. The number of rotatable bonds is 3. The molecule has 0 fully saturated rings. The van der Waals surface area contributed by atoms with Crippen molar-refractivity contribution in [3.63, 3.8) is 0 Å². The molecule has 0 aliphatic carbocycles. The molecule has 2 N–H and O–H groups in total. The number of halogens is 2. The number of benzene rings is 1. The van der Waals surface area contributed by atoms with Crippen molar-refractivity contribution in [1.29, 1.82) is 0 Å². The highest BCUT2D eigenvalue weighted by Crippen LogP contribution is 2.26. The van der Waals surface area contributed by atoms with Crippen LogP contribution in [0.1, 0.15) is 5.56 Å². The molecule has 0 bridgehead atoms. The quantitative estimate of drug-likeness (QED) is 0.891. The topological polar surface area (TPSA) is 48.1 Å². The Kier molecular flexibility index (Phi) is 3.30. The summed E-state index contributed by atoms with van der Waals surface area (Å²) in [6.07, 6.45) is 1.49. The maximum Gasteiger partial charge on any atom is 0.223 e. The first-order valence-corrected chi connectivity index (χ1v) is 4.98. The van der Waals surface area contributed by atoms with Gasteiger partial charge in [0.25, 0.3) is 0 Å². The third kappa shape index (κ3) is 2.39. The Bertz CT molecular complexity index is 532. The molecule has 17 heavy (non-hydrogen) atoms. The van der Waals surface area contributed by atoms with Crippen molar-refractivity contribution in [2.24, 2.45) is 5.73 Å². The fourth-order valence-electron chi connectivity index (χ4n) is 1.34. The van der Waals surface area contributed by atoms with Crippen LogP contribution in [0.3, 0.4) is 0 Å². The van der Waals surface area contributed by atoms with E-state index in [2.05, 4.69) is 4.98 Å². The Hall–Kier alpha value is -2.01. The first-order chi connectivity index (χ1) is 8.22. The fourth-order valence-corrected chi connectivity index (χ4v) is 1.34. The summed E-state index contributed by atoms with van der Waals surface area (Å²) >= 11 is 0. The van der Waals surface area contributed by atoms with Gasteiger partial charge >= 0.3 is 0 Å². The van der Waals surface area contributed by atoms with Gasteiger partial charge in [0.15, 0.2) is 11.6 Å². The van der Waals surface area contributed by atoms with E-state index in [1.807, 2.05) is 0 Å². The van der Waals surface area contributed by atoms with E-state index in [1.165, 1.54) is 18.3 Å². The summed E-state index contributed by atoms with van der Waals surface area (Å²) in [7, 11) is 0. The van der Waals surface area contributed by atoms with Crippen LogP contribution in [-0.4, -0.2) is 4.98 Å². The monoisotopic (exact) mass is 236 g/mol. The molecule has 0 radical (unpaired) electrons. The Morgan fingerprint density at radius 2 is 2.00 bits per heavy atom. The minimum atomic E-state index is -1.04. The number of nitrogens with two attached hydrogens (primary N) is 1. The molecule has 0 spiro atoms. The molecule has 88 valence electrons. The highest BCUT2D eigenvalue weighted by atomic mass is 19.2. The summed E-state index contributed by atoms with van der Waals surface area (Å²) in [5.74, 6) is -2.04. The van der Waals surface area contributed by atoms with Crippen LogP contribution in [0.2, 0.25) is 0 Å². The van der Waals surface area contributed by atoms with Crippen molar-refractivity contribution in [1.82, 2.24) is 4.98 Å². The zero-order valence-electron chi connectivity index (χ0n) is 8.86. The number of hydrogen-bond acceptors (Lipinski definition) is 3. The van der Waals surface area contributed by atoms with Crippen LogP contribution in [0.5, 0.6) is 11.6 Å². The van der Waals surface area contributed by atoms with Gasteiger partial charge in [0.05, 0.1) is 0 Å². The van der Waals surface area contributed by atoms with Gasteiger partial charge in [0, 0.05) is 18.3 Å². The van der Waals surface area contributed by atoms with E-state index in [-0.39, 0.29) is 18.2 Å². The van der Waals surface area contributed by atoms with E-state index in [4.69, 9.17) is 10.5 Å². The highest BCUT2D eigenvalue weighted by Gasteiger charge is 2.11. The lowest BCUT2D eigenvalue weighted by molar-refractivity contribution is 0.402. The molecule has 0 aliphatic heterocycles. The maximum absolute atomic E-state index is 13.4. The summed E-state index contributed by atoms with van der Waals surface area (Å²) in [6.45, 7) is 0.208. The standard InChI is InChI=1S/C12H10F2N2O/c13-9-4-1-5-10(11(9)14)17-12-8(7-15)3-2-6-16-12/h1-6H,7,15H2. The van der Waals surface area contributed by atoms with Gasteiger partial charge < -0.3 is 10.5 Å². The first-order valence-electron chi connectivity index (χ1n) is 4.98. The van der Waals surface area contributed by atoms with Gasteiger partial charge in [-0.25, -0.2) is 9.37 Å². The van der Waals surface area contributed by atoms with Crippen LogP contribution in [0, 0.1) is 11.6 Å². The second-order valence-electron chi connectivity index (χ2n) is 3.33.